The van der Waals surface area contributed by atoms with E-state index in [0.29, 0.717) is 0 Å². The zero-order valence-corrected chi connectivity index (χ0v) is 5.97. The minimum absolute atomic E-state index is 0.167. The van der Waals surface area contributed by atoms with Gasteiger partial charge < -0.3 is 5.11 Å². The number of aliphatic hydroxyl groups is 1. The molecule has 0 aromatic rings. The molecule has 0 fully saturated rings. The minimum Gasteiger partial charge on any atom is -0.394 e. The third-order valence-electron chi connectivity index (χ3n) is 0. The maximum Gasteiger partial charge on any atom is 0.0483 e. The molecule has 0 saturated carbocycles. The van der Waals surface area contributed by atoms with Crippen molar-refractivity contribution >= 4 is 28.7 Å². The Bertz CT molecular complexity index is 52.0. The van der Waals surface area contributed by atoms with E-state index in [9.17, 15) is 0 Å². The Morgan fingerprint density at radius 2 is 1.43 bits per heavy atom. The smallest absolute Gasteiger partial charge is 0.0483 e. The molecule has 7 heavy (non-hydrogen) atoms. The molecule has 0 unspecified atom stereocenters. The van der Waals surface area contributed by atoms with Crippen LogP contribution in [0.5, 0.6) is 0 Å². The van der Waals surface area contributed by atoms with Gasteiger partial charge in [0.05, 0.1) is 0 Å². The molecule has 0 spiro atoms. The summed E-state index contributed by atoms with van der Waals surface area (Å²) in [6.45, 7) is 3.44. The van der Waals surface area contributed by atoms with E-state index in [0.717, 1.165) is 0 Å². The van der Waals surface area contributed by atoms with Gasteiger partial charge in [-0.2, -0.15) is 0 Å². The fraction of sp³-hybridized carbons (Fsp3) is 0.750. The standard InChI is InChI=1S/C3H8O.CS2/c1-3(2)4;2-1-3/h3-4H,1-2H3;. The second kappa shape index (κ2) is 9.49. The van der Waals surface area contributed by atoms with Crippen LogP contribution in [0.15, 0.2) is 0 Å². The van der Waals surface area contributed by atoms with Gasteiger partial charge in [0, 0.05) is 10.4 Å². The molecule has 42 valence electrons. The highest BCUT2D eigenvalue weighted by Crippen LogP contribution is 1.65. The van der Waals surface area contributed by atoms with Crippen molar-refractivity contribution in [2.45, 2.75) is 20.0 Å². The van der Waals surface area contributed by atoms with Crippen LogP contribution in [0.4, 0.5) is 0 Å². The van der Waals surface area contributed by atoms with Crippen molar-refractivity contribution in [3.63, 3.8) is 0 Å². The van der Waals surface area contributed by atoms with Gasteiger partial charge in [0.2, 0.25) is 0 Å². The van der Waals surface area contributed by atoms with E-state index in [4.69, 9.17) is 5.11 Å². The van der Waals surface area contributed by atoms with Crippen LogP contribution in [0.2, 0.25) is 0 Å². The van der Waals surface area contributed by atoms with Crippen LogP contribution in [0.1, 0.15) is 13.8 Å². The maximum absolute atomic E-state index is 8.06. The van der Waals surface area contributed by atoms with Gasteiger partial charge >= 0.3 is 0 Å². The average molecular weight is 136 g/mol. The van der Waals surface area contributed by atoms with E-state index >= 15 is 0 Å². The number of hydrogen-bond acceptors (Lipinski definition) is 3. The molecule has 0 aromatic carbocycles. The van der Waals surface area contributed by atoms with Crippen LogP contribution in [0.25, 0.3) is 0 Å². The Labute approximate surface area is 54.4 Å². The number of aliphatic hydroxyl groups excluding tert-OH is 1. The molecule has 0 atom stereocenters. The minimum atomic E-state index is -0.167. The molecule has 3 heteroatoms. The SMILES string of the molecule is CC(C)O.S=C=S. The van der Waals surface area contributed by atoms with Crippen LogP contribution in [-0.4, -0.2) is 15.5 Å². The predicted molar refractivity (Wildman–Crippen MR) is 37.5 cm³/mol. The van der Waals surface area contributed by atoms with Gasteiger partial charge in [-0.25, -0.2) is 0 Å². The van der Waals surface area contributed by atoms with Crippen LogP contribution >= 0.6 is 24.4 Å². The summed E-state index contributed by atoms with van der Waals surface area (Å²) in [5.74, 6) is 0. The number of hydrogen-bond donors (Lipinski definition) is 1. The molecule has 0 radical (unpaired) electrons. The third-order valence-corrected chi connectivity index (χ3v) is 0. The van der Waals surface area contributed by atoms with Crippen LogP contribution < -0.4 is 0 Å². The van der Waals surface area contributed by atoms with E-state index in [1.54, 1.807) is 13.8 Å². The van der Waals surface area contributed by atoms with Crippen LogP contribution in [0, 0.1) is 0 Å². The Balaban J connectivity index is 0. The van der Waals surface area contributed by atoms with E-state index in [1.165, 1.54) is 0 Å². The maximum atomic E-state index is 8.06. The molecule has 0 heterocycles. The van der Waals surface area contributed by atoms with Crippen LogP contribution in [0.3, 0.4) is 0 Å². The third kappa shape index (κ3) is 3330. The molecule has 0 aliphatic heterocycles. The Hall–Kier alpha value is 0.180. The molecule has 0 saturated heterocycles. The Morgan fingerprint density at radius 1 is 1.43 bits per heavy atom. The van der Waals surface area contributed by atoms with Crippen molar-refractivity contribution < 1.29 is 5.11 Å². The monoisotopic (exact) mass is 136 g/mol. The molecule has 1 N–H and O–H groups in total. The molecule has 0 bridgehead atoms. The summed E-state index contributed by atoms with van der Waals surface area (Å²) < 4.78 is 1.92. The lowest BCUT2D eigenvalue weighted by atomic mass is 10.5. The quantitative estimate of drug-likeness (QED) is 0.508. The highest BCUT2D eigenvalue weighted by atomic mass is 32.1. The molecular weight excluding hydrogens is 128 g/mol. The fourth-order valence-corrected chi connectivity index (χ4v) is 0. The van der Waals surface area contributed by atoms with E-state index in [2.05, 4.69) is 24.4 Å². The molecule has 0 aliphatic rings. The number of rotatable bonds is 0. The lowest BCUT2D eigenvalue weighted by Gasteiger charge is -1.80. The molecule has 0 aromatic heterocycles. The predicted octanol–water partition coefficient (Wildman–Crippen LogP) is 1.41. The van der Waals surface area contributed by atoms with Gasteiger partial charge in [-0.15, -0.1) is 0 Å². The highest BCUT2D eigenvalue weighted by molar-refractivity contribution is 7.93. The molecule has 0 rings (SSSR count). The van der Waals surface area contributed by atoms with Crippen molar-refractivity contribution in [1.82, 2.24) is 0 Å². The summed E-state index contributed by atoms with van der Waals surface area (Å²) in [7, 11) is 0. The second-order valence-corrected chi connectivity index (χ2v) is 1.84. The lowest BCUT2D eigenvalue weighted by molar-refractivity contribution is 0.216. The Morgan fingerprint density at radius 3 is 1.43 bits per heavy atom. The van der Waals surface area contributed by atoms with Crippen molar-refractivity contribution in [1.29, 1.82) is 0 Å². The summed E-state index contributed by atoms with van der Waals surface area (Å²) in [6, 6.07) is 0. The summed E-state index contributed by atoms with van der Waals surface area (Å²) in [5, 5.41) is 8.06. The van der Waals surface area contributed by atoms with Gasteiger partial charge in [-0.3, -0.25) is 0 Å². The van der Waals surface area contributed by atoms with Crippen LogP contribution in [-0.2, 0) is 0 Å². The Kier molecular flexibility index (Phi) is 13.9. The summed E-state index contributed by atoms with van der Waals surface area (Å²) in [4.78, 5) is 0. The highest BCUT2D eigenvalue weighted by Gasteiger charge is 1.69. The molecular formula is C4H8OS2. The first-order chi connectivity index (χ1) is 3.15. The zero-order valence-electron chi connectivity index (χ0n) is 4.34. The van der Waals surface area contributed by atoms with E-state index in [-0.39, 0.29) is 6.10 Å². The van der Waals surface area contributed by atoms with Gasteiger partial charge in [0.15, 0.2) is 0 Å². The van der Waals surface area contributed by atoms with Crippen molar-refractivity contribution in [2.24, 2.45) is 0 Å². The zero-order chi connectivity index (χ0) is 6.28. The van der Waals surface area contributed by atoms with Crippen molar-refractivity contribution in [3.05, 3.63) is 0 Å². The van der Waals surface area contributed by atoms with Crippen molar-refractivity contribution in [2.75, 3.05) is 0 Å². The number of thiocarbonyl (C=S) groups is 2. The lowest BCUT2D eigenvalue weighted by Crippen LogP contribution is -1.85. The summed E-state index contributed by atoms with van der Waals surface area (Å²) in [5.41, 5.74) is 0. The first kappa shape index (κ1) is 10.2. The van der Waals surface area contributed by atoms with Crippen molar-refractivity contribution in [3.8, 4) is 0 Å². The molecule has 0 aliphatic carbocycles. The topological polar surface area (TPSA) is 20.2 Å². The largest absolute Gasteiger partial charge is 0.394 e. The summed E-state index contributed by atoms with van der Waals surface area (Å²) >= 11 is 7.92. The summed E-state index contributed by atoms with van der Waals surface area (Å²) in [6.07, 6.45) is -0.167. The van der Waals surface area contributed by atoms with Gasteiger partial charge in [0.25, 0.3) is 0 Å². The van der Waals surface area contributed by atoms with E-state index in [1.807, 2.05) is 4.31 Å². The van der Waals surface area contributed by atoms with Gasteiger partial charge in [0.1, 0.15) is 0 Å². The van der Waals surface area contributed by atoms with Gasteiger partial charge in [-0.1, -0.05) is 0 Å². The molecule has 0 amide bonds. The second-order valence-electron chi connectivity index (χ2n) is 1.18. The van der Waals surface area contributed by atoms with E-state index < -0.39 is 0 Å². The first-order valence-corrected chi connectivity index (χ1v) is 2.64. The first-order valence-electron chi connectivity index (χ1n) is 1.82. The average Bonchev–Trinajstić information content (AvgIpc) is 1.33. The van der Waals surface area contributed by atoms with Gasteiger partial charge in [-0.05, 0) is 38.3 Å². The molecule has 1 nitrogen and oxygen atoms in total. The fourth-order valence-electron chi connectivity index (χ4n) is 0. The normalized spacial score (nSPS) is 6.29.